The molecule has 3 rings (SSSR count). The minimum atomic E-state index is 0.420. The molecule has 2 aromatic rings. The molecule has 1 heterocycles. The summed E-state index contributed by atoms with van der Waals surface area (Å²) >= 11 is 0. The molecule has 0 unspecified atom stereocenters. The van der Waals surface area contributed by atoms with E-state index in [1.807, 2.05) is 25.1 Å². The fourth-order valence-corrected chi connectivity index (χ4v) is 2.70. The van der Waals surface area contributed by atoms with Gasteiger partial charge in [0, 0.05) is 17.8 Å². The second-order valence-electron chi connectivity index (χ2n) is 5.37. The second kappa shape index (κ2) is 5.74. The van der Waals surface area contributed by atoms with Gasteiger partial charge in [0.05, 0.1) is 7.11 Å². The molecule has 110 valence electrons. The molecule has 0 spiro atoms. The summed E-state index contributed by atoms with van der Waals surface area (Å²) in [5.41, 5.74) is 10.3. The largest absolute Gasteiger partial charge is 0.493 e. The lowest BCUT2D eigenvalue weighted by Gasteiger charge is -2.14. The fourth-order valence-electron chi connectivity index (χ4n) is 2.70. The van der Waals surface area contributed by atoms with Gasteiger partial charge in [0.2, 0.25) is 5.88 Å². The highest BCUT2D eigenvalue weighted by Crippen LogP contribution is 2.34. The smallest absolute Gasteiger partial charge is 0.224 e. The summed E-state index contributed by atoms with van der Waals surface area (Å²) in [4.78, 5) is 4.66. The number of benzene rings is 1. The van der Waals surface area contributed by atoms with E-state index in [0.717, 1.165) is 36.1 Å². The van der Waals surface area contributed by atoms with Crippen LogP contribution in [0.5, 0.6) is 17.4 Å². The Kier molecular flexibility index (Phi) is 3.80. The third kappa shape index (κ3) is 2.72. The lowest BCUT2D eigenvalue weighted by atomic mass is 10.1. The van der Waals surface area contributed by atoms with Crippen LogP contribution in [-0.2, 0) is 19.4 Å². The van der Waals surface area contributed by atoms with Crippen molar-refractivity contribution in [1.82, 2.24) is 4.98 Å². The first-order chi connectivity index (χ1) is 10.2. The molecule has 2 N–H and O–H groups in total. The van der Waals surface area contributed by atoms with Gasteiger partial charge in [-0.25, -0.2) is 4.98 Å². The maximum Gasteiger partial charge on any atom is 0.224 e. The molecule has 4 heteroatoms. The van der Waals surface area contributed by atoms with Crippen molar-refractivity contribution in [2.45, 2.75) is 32.7 Å². The first-order valence-corrected chi connectivity index (χ1v) is 7.25. The molecule has 1 aliphatic carbocycles. The van der Waals surface area contributed by atoms with E-state index in [-0.39, 0.29) is 0 Å². The number of aryl methyl sites for hydroxylation is 3. The van der Waals surface area contributed by atoms with Gasteiger partial charge >= 0.3 is 0 Å². The van der Waals surface area contributed by atoms with Gasteiger partial charge in [-0.2, -0.15) is 0 Å². The van der Waals surface area contributed by atoms with Gasteiger partial charge in [-0.05, 0) is 55.5 Å². The average molecular weight is 284 g/mol. The van der Waals surface area contributed by atoms with E-state index in [1.54, 1.807) is 7.11 Å². The minimum absolute atomic E-state index is 0.420. The number of methoxy groups -OCH3 is 1. The number of hydrogen-bond acceptors (Lipinski definition) is 4. The van der Waals surface area contributed by atoms with Crippen LogP contribution >= 0.6 is 0 Å². The third-order valence-corrected chi connectivity index (χ3v) is 3.84. The monoisotopic (exact) mass is 284 g/mol. The number of nitrogens with two attached hydrogens (primary N) is 1. The van der Waals surface area contributed by atoms with Crippen LogP contribution < -0.4 is 15.2 Å². The van der Waals surface area contributed by atoms with Crippen LogP contribution in [0.1, 0.15) is 28.8 Å². The zero-order chi connectivity index (χ0) is 14.8. The Balaban J connectivity index is 1.98. The van der Waals surface area contributed by atoms with Crippen molar-refractivity contribution >= 4 is 0 Å². The summed E-state index contributed by atoms with van der Waals surface area (Å²) in [7, 11) is 1.64. The van der Waals surface area contributed by atoms with Crippen molar-refractivity contribution in [3.8, 4) is 17.4 Å². The lowest BCUT2D eigenvalue weighted by Crippen LogP contribution is -2.04. The van der Waals surface area contributed by atoms with Crippen LogP contribution in [0.25, 0.3) is 0 Å². The average Bonchev–Trinajstić information content (AvgIpc) is 2.95. The highest BCUT2D eigenvalue weighted by molar-refractivity contribution is 5.46. The van der Waals surface area contributed by atoms with Crippen LogP contribution in [0, 0.1) is 6.92 Å². The summed E-state index contributed by atoms with van der Waals surface area (Å²) in [6.45, 7) is 2.44. The molecular weight excluding hydrogens is 264 g/mol. The zero-order valence-electron chi connectivity index (χ0n) is 12.5. The first kappa shape index (κ1) is 13.9. The van der Waals surface area contributed by atoms with Crippen molar-refractivity contribution in [2.75, 3.05) is 7.11 Å². The van der Waals surface area contributed by atoms with Crippen molar-refractivity contribution in [2.24, 2.45) is 5.73 Å². The maximum absolute atomic E-state index is 5.99. The van der Waals surface area contributed by atoms with E-state index < -0.39 is 0 Å². The number of ether oxygens (including phenoxy) is 2. The number of pyridine rings is 1. The van der Waals surface area contributed by atoms with Gasteiger partial charge in [0.15, 0.2) is 11.5 Å². The van der Waals surface area contributed by atoms with E-state index in [4.69, 9.17) is 15.2 Å². The van der Waals surface area contributed by atoms with E-state index in [1.165, 1.54) is 5.56 Å². The third-order valence-electron chi connectivity index (χ3n) is 3.84. The molecule has 1 aromatic heterocycles. The van der Waals surface area contributed by atoms with Crippen molar-refractivity contribution < 1.29 is 9.47 Å². The minimum Gasteiger partial charge on any atom is -0.493 e. The number of rotatable bonds is 4. The van der Waals surface area contributed by atoms with Crippen LogP contribution in [0.3, 0.4) is 0 Å². The molecule has 0 atom stereocenters. The molecule has 0 saturated carbocycles. The number of fused-ring (bicyclic) bond motifs is 1. The van der Waals surface area contributed by atoms with Crippen LogP contribution in [0.4, 0.5) is 0 Å². The Morgan fingerprint density at radius 3 is 2.81 bits per heavy atom. The molecule has 4 nitrogen and oxygen atoms in total. The summed E-state index contributed by atoms with van der Waals surface area (Å²) in [6.07, 6.45) is 3.26. The van der Waals surface area contributed by atoms with Crippen LogP contribution in [0.15, 0.2) is 24.3 Å². The quantitative estimate of drug-likeness (QED) is 0.937. The Morgan fingerprint density at radius 2 is 2.05 bits per heavy atom. The van der Waals surface area contributed by atoms with Gasteiger partial charge in [-0.15, -0.1) is 0 Å². The van der Waals surface area contributed by atoms with Crippen molar-refractivity contribution in [1.29, 1.82) is 0 Å². The summed E-state index contributed by atoms with van der Waals surface area (Å²) in [5.74, 6) is 1.98. The zero-order valence-corrected chi connectivity index (χ0v) is 12.5. The van der Waals surface area contributed by atoms with Gasteiger partial charge in [-0.3, -0.25) is 0 Å². The first-order valence-electron chi connectivity index (χ1n) is 7.25. The molecule has 0 radical (unpaired) electrons. The molecule has 1 aliphatic rings. The maximum atomic E-state index is 5.99. The van der Waals surface area contributed by atoms with Gasteiger partial charge in [0.25, 0.3) is 0 Å². The van der Waals surface area contributed by atoms with Gasteiger partial charge in [0.1, 0.15) is 0 Å². The van der Waals surface area contributed by atoms with Crippen molar-refractivity contribution in [3.05, 3.63) is 46.6 Å². The Bertz CT molecular complexity index is 668. The second-order valence-corrected chi connectivity index (χ2v) is 5.37. The van der Waals surface area contributed by atoms with E-state index in [9.17, 15) is 0 Å². The normalized spacial score (nSPS) is 13.1. The number of aromatic nitrogens is 1. The summed E-state index contributed by atoms with van der Waals surface area (Å²) < 4.78 is 11.4. The molecule has 0 saturated heterocycles. The predicted molar refractivity (Wildman–Crippen MR) is 82.0 cm³/mol. The van der Waals surface area contributed by atoms with E-state index in [0.29, 0.717) is 23.9 Å². The molecule has 21 heavy (non-hydrogen) atoms. The Labute approximate surface area is 124 Å². The molecule has 1 aromatic carbocycles. The number of nitrogens with zero attached hydrogens (tertiary/aromatic N) is 1. The summed E-state index contributed by atoms with van der Waals surface area (Å²) in [5, 5.41) is 0. The van der Waals surface area contributed by atoms with Gasteiger partial charge < -0.3 is 15.2 Å². The Morgan fingerprint density at radius 1 is 1.19 bits per heavy atom. The molecule has 0 fully saturated rings. The highest BCUT2D eigenvalue weighted by Gasteiger charge is 2.18. The van der Waals surface area contributed by atoms with E-state index in [2.05, 4.69) is 11.1 Å². The van der Waals surface area contributed by atoms with Crippen LogP contribution in [0.2, 0.25) is 0 Å². The van der Waals surface area contributed by atoms with E-state index >= 15 is 0 Å². The molecule has 0 aliphatic heterocycles. The topological polar surface area (TPSA) is 57.4 Å². The van der Waals surface area contributed by atoms with Gasteiger partial charge in [-0.1, -0.05) is 6.07 Å². The Hall–Kier alpha value is -2.07. The molecular formula is C17H20N2O2. The summed E-state index contributed by atoms with van der Waals surface area (Å²) in [6, 6.07) is 7.98. The lowest BCUT2D eigenvalue weighted by molar-refractivity contribution is 0.372. The van der Waals surface area contributed by atoms with Crippen molar-refractivity contribution in [3.63, 3.8) is 0 Å². The molecule has 0 amide bonds. The SMILES string of the molecule is COc1cc(C)ccc1Oc1nc2c(cc1CN)CCC2. The highest BCUT2D eigenvalue weighted by atomic mass is 16.5. The fraction of sp³-hybridized carbons (Fsp3) is 0.353. The van der Waals surface area contributed by atoms with Crippen LogP contribution in [-0.4, -0.2) is 12.1 Å². The number of hydrogen-bond donors (Lipinski definition) is 1. The predicted octanol–water partition coefficient (Wildman–Crippen LogP) is 3.14. The molecule has 0 bridgehead atoms. The standard InChI is InChI=1S/C17H20N2O2/c1-11-6-7-15(16(8-11)20-2)21-17-13(10-18)9-12-4-3-5-14(12)19-17/h6-9H,3-5,10,18H2,1-2H3.